The fraction of sp³-hybridized carbons (Fsp3) is 0.455. The normalized spacial score (nSPS) is 21.7. The molecular weight excluding hydrogens is 448 g/mol. The van der Waals surface area contributed by atoms with E-state index in [1.165, 1.54) is 0 Å². The van der Waals surface area contributed by atoms with Gasteiger partial charge < -0.3 is 20.6 Å². The monoisotopic (exact) mass is 475 g/mol. The number of nitrogen functional groups attached to an aromatic ring is 1. The molecule has 1 unspecified atom stereocenters. The second kappa shape index (κ2) is 9.40. The molecule has 3 amide bonds. The summed E-state index contributed by atoms with van der Waals surface area (Å²) in [5, 5.41) is 10.9. The zero-order valence-electron chi connectivity index (χ0n) is 18.3. The zero-order valence-corrected chi connectivity index (χ0v) is 19.1. The van der Waals surface area contributed by atoms with Crippen LogP contribution in [-0.2, 0) is 9.59 Å². The van der Waals surface area contributed by atoms with Crippen molar-refractivity contribution in [1.82, 2.24) is 15.3 Å². The number of urea groups is 1. The molecular formula is C22H28ClN6O4+. The Hall–Kier alpha value is -3.11. The Morgan fingerprint density at radius 3 is 2.64 bits per heavy atom. The summed E-state index contributed by atoms with van der Waals surface area (Å²) in [6.07, 6.45) is 2.50. The van der Waals surface area contributed by atoms with Crippen LogP contribution in [0.2, 0.25) is 5.02 Å². The zero-order chi connectivity index (χ0) is 23.6. The number of carboxylic acids is 1. The van der Waals surface area contributed by atoms with Gasteiger partial charge in [-0.3, -0.25) is 0 Å². The van der Waals surface area contributed by atoms with E-state index in [9.17, 15) is 19.5 Å². The van der Waals surface area contributed by atoms with Gasteiger partial charge in [0.2, 0.25) is 6.54 Å². The fourth-order valence-electron chi connectivity index (χ4n) is 4.60. The van der Waals surface area contributed by atoms with Gasteiger partial charge in [0.05, 0.1) is 11.9 Å². The smallest absolute Gasteiger partial charge is 0.362 e. The Bertz CT molecular complexity index is 1080. The maximum atomic E-state index is 13.0. The number of carboxylic acid groups (broad SMARTS) is 1. The predicted molar refractivity (Wildman–Crippen MR) is 125 cm³/mol. The molecule has 2 aliphatic heterocycles. The van der Waals surface area contributed by atoms with Gasteiger partial charge in [0, 0.05) is 48.3 Å². The number of amides is 3. The molecule has 2 saturated heterocycles. The maximum absolute atomic E-state index is 13.0. The van der Waals surface area contributed by atoms with E-state index in [4.69, 9.17) is 17.3 Å². The van der Waals surface area contributed by atoms with E-state index in [1.807, 2.05) is 12.1 Å². The number of fused-ring (bicyclic) bond motifs is 1. The summed E-state index contributed by atoms with van der Waals surface area (Å²) in [4.78, 5) is 45.4. The Morgan fingerprint density at radius 1 is 1.15 bits per heavy atom. The van der Waals surface area contributed by atoms with Crippen LogP contribution in [0.3, 0.4) is 0 Å². The molecule has 1 aromatic heterocycles. The first-order valence-electron chi connectivity index (χ1n) is 11.1. The highest BCUT2D eigenvalue weighted by Gasteiger charge is 2.43. The minimum atomic E-state index is -1.11. The van der Waals surface area contributed by atoms with Gasteiger partial charge >= 0.3 is 17.9 Å². The SMILES string of the molecule is Nc1cc(N2CCN(C(=O)N[N+]3(CC(=O)O)CCCCCC3=O)CC2)c2ccc(Cl)cc2n1. The second-order valence-electron chi connectivity index (χ2n) is 8.57. The molecule has 2 aliphatic rings. The first-order chi connectivity index (χ1) is 15.8. The van der Waals surface area contributed by atoms with E-state index in [0.29, 0.717) is 61.9 Å². The minimum absolute atomic E-state index is 0.251. The first kappa shape index (κ1) is 23.1. The van der Waals surface area contributed by atoms with Gasteiger partial charge in [-0.1, -0.05) is 11.6 Å². The number of likely N-dealkylation sites (tertiary alicyclic amines) is 1. The maximum Gasteiger partial charge on any atom is 0.362 e. The average Bonchev–Trinajstić information content (AvgIpc) is 2.94. The summed E-state index contributed by atoms with van der Waals surface area (Å²) < 4.78 is -0.527. The summed E-state index contributed by atoms with van der Waals surface area (Å²) in [6, 6.07) is 6.87. The molecule has 1 aromatic carbocycles. The van der Waals surface area contributed by atoms with E-state index in [0.717, 1.165) is 17.5 Å². The molecule has 10 nitrogen and oxygen atoms in total. The number of rotatable bonds is 4. The van der Waals surface area contributed by atoms with E-state index in [1.54, 1.807) is 17.0 Å². The molecule has 3 heterocycles. The third-order valence-corrected chi connectivity index (χ3v) is 6.54. The first-order valence-corrected chi connectivity index (χ1v) is 11.5. The predicted octanol–water partition coefficient (Wildman–Crippen LogP) is 2.22. The highest BCUT2D eigenvalue weighted by atomic mass is 35.5. The molecule has 0 aliphatic carbocycles. The minimum Gasteiger partial charge on any atom is -0.477 e. The Kier molecular flexibility index (Phi) is 6.57. The van der Waals surface area contributed by atoms with Gasteiger partial charge in [0.1, 0.15) is 12.4 Å². The van der Waals surface area contributed by atoms with E-state index < -0.39 is 23.1 Å². The van der Waals surface area contributed by atoms with Gasteiger partial charge in [-0.2, -0.15) is 5.43 Å². The standard InChI is InChI=1S/C22H27ClN6O4/c23-15-5-6-16-17(12-15)25-19(24)13-18(16)27-7-9-28(10-8-27)22(33)26-29(14-21(31)32)11-3-1-2-4-20(29)30/h5-6,12-13H,1-4,7-11,14H2,(H3-,24,25,26,31,32,33)/p+1. The van der Waals surface area contributed by atoms with Crippen molar-refractivity contribution in [2.45, 2.75) is 25.7 Å². The number of benzene rings is 1. The highest BCUT2D eigenvalue weighted by molar-refractivity contribution is 6.31. The van der Waals surface area contributed by atoms with E-state index in [2.05, 4.69) is 15.3 Å². The highest BCUT2D eigenvalue weighted by Crippen LogP contribution is 2.30. The molecule has 176 valence electrons. The number of carbonyl (C=O) groups is 3. The lowest BCUT2D eigenvalue weighted by atomic mass is 10.1. The summed E-state index contributed by atoms with van der Waals surface area (Å²) in [5.41, 5.74) is 10.4. The summed E-state index contributed by atoms with van der Waals surface area (Å²) in [6.45, 7) is 1.80. The molecule has 1 atom stereocenters. The summed E-state index contributed by atoms with van der Waals surface area (Å²) >= 11 is 6.10. The van der Waals surface area contributed by atoms with Crippen LogP contribution < -0.4 is 16.1 Å². The van der Waals surface area contributed by atoms with Crippen LogP contribution in [0, 0.1) is 0 Å². The number of nitrogens with two attached hydrogens (primary N) is 1. The van der Waals surface area contributed by atoms with Crippen molar-refractivity contribution in [1.29, 1.82) is 0 Å². The third-order valence-electron chi connectivity index (χ3n) is 6.30. The number of carbonyl (C=O) groups excluding carboxylic acids is 2. The van der Waals surface area contributed by atoms with Crippen LogP contribution in [-0.4, -0.2) is 76.8 Å². The van der Waals surface area contributed by atoms with Crippen LogP contribution >= 0.6 is 11.6 Å². The van der Waals surface area contributed by atoms with Gasteiger partial charge in [-0.05, 0) is 37.5 Å². The molecule has 0 bridgehead atoms. The van der Waals surface area contributed by atoms with Gasteiger partial charge in [-0.15, -0.1) is 4.59 Å². The largest absolute Gasteiger partial charge is 0.477 e. The van der Waals surface area contributed by atoms with Crippen molar-refractivity contribution in [3.8, 4) is 0 Å². The molecule has 2 aromatic rings. The molecule has 2 fully saturated rings. The Balaban J connectivity index is 1.47. The quantitative estimate of drug-likeness (QED) is 0.578. The molecule has 0 saturated carbocycles. The summed E-state index contributed by atoms with van der Waals surface area (Å²) in [5.74, 6) is -0.975. The van der Waals surface area contributed by atoms with E-state index >= 15 is 0 Å². The van der Waals surface area contributed by atoms with Crippen molar-refractivity contribution in [2.75, 3.05) is 49.9 Å². The number of aliphatic carboxylic acids is 1. The van der Waals surface area contributed by atoms with Crippen LogP contribution in [0.15, 0.2) is 24.3 Å². The molecule has 0 spiro atoms. The lowest BCUT2D eigenvalue weighted by Crippen LogP contribution is -2.68. The van der Waals surface area contributed by atoms with Crippen LogP contribution in [0.4, 0.5) is 16.3 Å². The molecule has 4 N–H and O–H groups in total. The Labute approximate surface area is 196 Å². The van der Waals surface area contributed by atoms with Gasteiger partial charge in [-0.25, -0.2) is 19.4 Å². The number of nitrogens with zero attached hydrogens (tertiary/aromatic N) is 4. The molecule has 4 rings (SSSR count). The number of pyridine rings is 1. The third kappa shape index (κ3) is 4.96. The fourth-order valence-corrected chi connectivity index (χ4v) is 4.76. The number of hydrogen-bond acceptors (Lipinski definition) is 6. The Morgan fingerprint density at radius 2 is 1.91 bits per heavy atom. The van der Waals surface area contributed by atoms with Crippen LogP contribution in [0.5, 0.6) is 0 Å². The number of anilines is 2. The summed E-state index contributed by atoms with van der Waals surface area (Å²) in [7, 11) is 0. The van der Waals surface area contributed by atoms with Crippen molar-refractivity contribution in [2.24, 2.45) is 0 Å². The van der Waals surface area contributed by atoms with Gasteiger partial charge in [0.25, 0.3) is 0 Å². The molecule has 33 heavy (non-hydrogen) atoms. The molecule has 0 radical (unpaired) electrons. The van der Waals surface area contributed by atoms with Crippen molar-refractivity contribution in [3.63, 3.8) is 0 Å². The number of hydrogen-bond donors (Lipinski definition) is 3. The average molecular weight is 476 g/mol. The van der Waals surface area contributed by atoms with Crippen molar-refractivity contribution < 1.29 is 24.1 Å². The number of halogens is 1. The molecule has 11 heteroatoms. The second-order valence-corrected chi connectivity index (χ2v) is 9.00. The number of quaternary nitrogens is 1. The van der Waals surface area contributed by atoms with Gasteiger partial charge in [0.15, 0.2) is 0 Å². The van der Waals surface area contributed by atoms with Crippen molar-refractivity contribution >= 4 is 51.9 Å². The number of nitrogens with one attached hydrogen (secondary N) is 1. The lowest BCUT2D eigenvalue weighted by Gasteiger charge is -2.39. The number of aromatic nitrogens is 1. The van der Waals surface area contributed by atoms with Crippen LogP contribution in [0.1, 0.15) is 25.7 Å². The van der Waals surface area contributed by atoms with E-state index in [-0.39, 0.29) is 12.3 Å². The number of piperazine rings is 1. The lowest BCUT2D eigenvalue weighted by molar-refractivity contribution is -0.882. The van der Waals surface area contributed by atoms with Crippen molar-refractivity contribution in [3.05, 3.63) is 29.3 Å². The van der Waals surface area contributed by atoms with Crippen LogP contribution in [0.25, 0.3) is 10.9 Å². The topological polar surface area (TPSA) is 129 Å².